The minimum Gasteiger partial charge on any atom is -0.353 e. The Morgan fingerprint density at radius 2 is 1.79 bits per heavy atom. The number of benzene rings is 2. The summed E-state index contributed by atoms with van der Waals surface area (Å²) in [6, 6.07) is 17.6. The molecule has 8 nitrogen and oxygen atoms in total. The Morgan fingerprint density at radius 3 is 2.52 bits per heavy atom. The van der Waals surface area contributed by atoms with Crippen molar-refractivity contribution in [2.45, 2.75) is 18.1 Å². The molecule has 2 aliphatic heterocycles. The lowest BCUT2D eigenvalue weighted by molar-refractivity contribution is -0.130. The third kappa shape index (κ3) is 7.87. The second-order valence-corrected chi connectivity index (χ2v) is 11.7. The highest BCUT2D eigenvalue weighted by atomic mass is 35.5. The first-order valence-electron chi connectivity index (χ1n) is 14.1. The molecule has 3 aromatic rings. The highest BCUT2D eigenvalue weighted by Crippen LogP contribution is 2.25. The summed E-state index contributed by atoms with van der Waals surface area (Å²) in [5, 5.41) is 0.750. The molecule has 0 spiro atoms. The quantitative estimate of drug-likeness (QED) is 0.211. The fourth-order valence-electron chi connectivity index (χ4n) is 5.17. The molecule has 2 amide bonds. The molecule has 1 aromatic heterocycles. The fourth-order valence-corrected chi connectivity index (χ4v) is 6.15. The highest BCUT2D eigenvalue weighted by molar-refractivity contribution is 7.99. The number of thioether (sulfide) groups is 1. The van der Waals surface area contributed by atoms with Crippen LogP contribution in [0, 0.1) is 5.82 Å². The second kappa shape index (κ2) is 14.1. The molecule has 2 fully saturated rings. The summed E-state index contributed by atoms with van der Waals surface area (Å²) in [6.45, 7) is 7.42. The zero-order valence-electron chi connectivity index (χ0n) is 23.5. The molecule has 0 aliphatic carbocycles. The van der Waals surface area contributed by atoms with Gasteiger partial charge >= 0.3 is 0 Å². The maximum Gasteiger partial charge on any atom is 0.254 e. The third-order valence-electron chi connectivity index (χ3n) is 7.47. The molecule has 3 heterocycles. The molecule has 0 saturated carbocycles. The number of anilines is 1. The molecule has 1 atom stereocenters. The molecule has 0 N–H and O–H groups in total. The minimum atomic E-state index is -0.430. The predicted octanol–water partition coefficient (Wildman–Crippen LogP) is 4.57. The van der Waals surface area contributed by atoms with E-state index in [1.165, 1.54) is 29.5 Å². The zero-order chi connectivity index (χ0) is 29.5. The van der Waals surface area contributed by atoms with Crippen molar-refractivity contribution in [2.75, 3.05) is 63.0 Å². The number of nitrogens with zero attached hydrogens (tertiary/aromatic N) is 6. The number of rotatable bonds is 8. The number of hydrogen-bond acceptors (Lipinski definition) is 7. The van der Waals surface area contributed by atoms with Crippen molar-refractivity contribution in [3.05, 3.63) is 88.8 Å². The maximum atomic E-state index is 13.6. The van der Waals surface area contributed by atoms with Gasteiger partial charge in [-0.2, -0.15) is 0 Å². The fraction of sp³-hybridized carbons (Fsp3) is 0.355. The molecule has 42 heavy (non-hydrogen) atoms. The zero-order valence-corrected chi connectivity index (χ0v) is 25.1. The van der Waals surface area contributed by atoms with E-state index in [-0.39, 0.29) is 23.6 Å². The van der Waals surface area contributed by atoms with Crippen molar-refractivity contribution >= 4 is 47.1 Å². The van der Waals surface area contributed by atoms with Crippen LogP contribution in [0.15, 0.2) is 71.9 Å². The van der Waals surface area contributed by atoms with Crippen molar-refractivity contribution in [3.63, 3.8) is 0 Å². The molecule has 2 saturated heterocycles. The van der Waals surface area contributed by atoms with E-state index in [9.17, 15) is 14.0 Å². The Hall–Kier alpha value is -3.47. The summed E-state index contributed by atoms with van der Waals surface area (Å²) in [7, 11) is 0. The van der Waals surface area contributed by atoms with Gasteiger partial charge in [0.05, 0.1) is 5.75 Å². The van der Waals surface area contributed by atoms with Gasteiger partial charge in [0.1, 0.15) is 16.8 Å². The number of carbonyl (C=O) groups excluding carboxylic acids is 2. The number of halogens is 2. The first-order chi connectivity index (χ1) is 20.4. The second-order valence-electron chi connectivity index (χ2n) is 10.4. The van der Waals surface area contributed by atoms with Gasteiger partial charge in [-0.25, -0.2) is 14.4 Å². The lowest BCUT2D eigenvalue weighted by atomic mass is 10.1. The Balaban J connectivity index is 1.10. The Kier molecular flexibility index (Phi) is 10.1. The number of carbonyl (C=O) groups is 2. The summed E-state index contributed by atoms with van der Waals surface area (Å²) in [6.07, 6.45) is 4.29. The largest absolute Gasteiger partial charge is 0.353 e. The summed E-state index contributed by atoms with van der Waals surface area (Å²) in [4.78, 5) is 43.0. The van der Waals surface area contributed by atoms with E-state index in [4.69, 9.17) is 11.6 Å². The van der Waals surface area contributed by atoms with Crippen LogP contribution in [0.5, 0.6) is 0 Å². The lowest BCUT2D eigenvalue weighted by Crippen LogP contribution is -2.54. The van der Waals surface area contributed by atoms with E-state index in [1.54, 1.807) is 23.1 Å². The molecule has 2 aliphatic rings. The van der Waals surface area contributed by atoms with Gasteiger partial charge in [-0.15, -0.1) is 0 Å². The van der Waals surface area contributed by atoms with Crippen molar-refractivity contribution in [2.24, 2.45) is 0 Å². The van der Waals surface area contributed by atoms with Gasteiger partial charge in [0.15, 0.2) is 5.16 Å². The standard InChI is InChI=1S/C31H34ClFN6O2S/c1-23-21-38(17-18-39(23)30(41)25-10-5-11-26(33)19-25)28-20-27(32)34-31(35-28)42-22-29(40)37-15-13-36(14-16-37)12-6-9-24-7-3-2-4-8-24/h2-11,19-20,23H,12-18,21-22H2,1H3. The number of hydrogen-bond donors (Lipinski definition) is 0. The van der Waals surface area contributed by atoms with Gasteiger partial charge in [0.2, 0.25) is 5.91 Å². The molecule has 220 valence electrons. The normalized spacial score (nSPS) is 18.1. The number of amides is 2. The lowest BCUT2D eigenvalue weighted by Gasteiger charge is -2.40. The Morgan fingerprint density at radius 1 is 1.00 bits per heavy atom. The van der Waals surface area contributed by atoms with E-state index in [1.807, 2.05) is 30.0 Å². The van der Waals surface area contributed by atoms with E-state index < -0.39 is 5.82 Å². The van der Waals surface area contributed by atoms with Gasteiger partial charge in [-0.3, -0.25) is 14.5 Å². The van der Waals surface area contributed by atoms with Crippen LogP contribution < -0.4 is 4.90 Å². The van der Waals surface area contributed by atoms with Crippen molar-refractivity contribution in [3.8, 4) is 0 Å². The van der Waals surface area contributed by atoms with Crippen molar-refractivity contribution in [1.29, 1.82) is 0 Å². The number of aromatic nitrogens is 2. The summed E-state index contributed by atoms with van der Waals surface area (Å²) < 4.78 is 13.6. The van der Waals surface area contributed by atoms with Crippen LogP contribution in [0.4, 0.5) is 10.2 Å². The number of piperazine rings is 2. The molecule has 11 heteroatoms. The molecule has 0 radical (unpaired) electrons. The van der Waals surface area contributed by atoms with Crippen molar-refractivity contribution in [1.82, 2.24) is 24.7 Å². The van der Waals surface area contributed by atoms with Gasteiger partial charge in [-0.1, -0.05) is 71.9 Å². The summed E-state index contributed by atoms with van der Waals surface area (Å²) in [5.74, 6) is 0.330. The van der Waals surface area contributed by atoms with Crippen LogP contribution in [0.25, 0.3) is 6.08 Å². The van der Waals surface area contributed by atoms with Crippen LogP contribution in [0.3, 0.4) is 0 Å². The van der Waals surface area contributed by atoms with Gasteiger partial charge in [0.25, 0.3) is 5.91 Å². The molecule has 1 unspecified atom stereocenters. The third-order valence-corrected chi connectivity index (χ3v) is 8.49. The van der Waals surface area contributed by atoms with Crippen molar-refractivity contribution < 1.29 is 14.0 Å². The molecule has 2 aromatic carbocycles. The van der Waals surface area contributed by atoms with Gasteiger partial charge < -0.3 is 14.7 Å². The average molecular weight is 609 g/mol. The predicted molar refractivity (Wildman–Crippen MR) is 165 cm³/mol. The first-order valence-corrected chi connectivity index (χ1v) is 15.4. The smallest absolute Gasteiger partial charge is 0.254 e. The summed E-state index contributed by atoms with van der Waals surface area (Å²) >= 11 is 7.63. The van der Waals surface area contributed by atoms with Gasteiger partial charge in [0, 0.05) is 70.0 Å². The molecular formula is C31H34ClFN6O2S. The topological polar surface area (TPSA) is 72.9 Å². The Bertz CT molecular complexity index is 1420. The average Bonchev–Trinajstić information content (AvgIpc) is 3.00. The maximum absolute atomic E-state index is 13.6. The molecule has 0 bridgehead atoms. The van der Waals surface area contributed by atoms with E-state index >= 15 is 0 Å². The monoisotopic (exact) mass is 608 g/mol. The van der Waals surface area contributed by atoms with Gasteiger partial charge in [-0.05, 0) is 30.7 Å². The van der Waals surface area contributed by atoms with Crippen LogP contribution >= 0.6 is 23.4 Å². The van der Waals surface area contributed by atoms with Crippen LogP contribution in [-0.2, 0) is 4.79 Å². The van der Waals surface area contributed by atoms with E-state index in [0.717, 1.165) is 19.6 Å². The van der Waals surface area contributed by atoms with Crippen LogP contribution in [0.2, 0.25) is 5.15 Å². The van der Waals surface area contributed by atoms with E-state index in [0.29, 0.717) is 54.4 Å². The van der Waals surface area contributed by atoms with Crippen LogP contribution in [0.1, 0.15) is 22.8 Å². The Labute approximate surface area is 255 Å². The molecule has 5 rings (SSSR count). The molecular weight excluding hydrogens is 575 g/mol. The summed E-state index contributed by atoms with van der Waals surface area (Å²) in [5.41, 5.74) is 1.52. The van der Waals surface area contributed by atoms with E-state index in [2.05, 4.69) is 44.1 Å². The van der Waals surface area contributed by atoms with Crippen LogP contribution in [-0.4, -0.2) is 101 Å². The SMILES string of the molecule is CC1CN(c2cc(Cl)nc(SCC(=O)N3CCN(CC=Cc4ccccc4)CC3)n2)CCN1C(=O)c1cccc(F)c1. The first kappa shape index (κ1) is 30.0. The highest BCUT2D eigenvalue weighted by Gasteiger charge is 2.29. The minimum absolute atomic E-state index is 0.0581.